The van der Waals surface area contributed by atoms with Crippen molar-refractivity contribution in [1.29, 1.82) is 0 Å². The van der Waals surface area contributed by atoms with Crippen LogP contribution in [0.5, 0.6) is 11.6 Å². The van der Waals surface area contributed by atoms with Crippen molar-refractivity contribution < 1.29 is 9.15 Å². The van der Waals surface area contributed by atoms with Crippen molar-refractivity contribution in [2.75, 3.05) is 0 Å². The van der Waals surface area contributed by atoms with Gasteiger partial charge in [0, 0.05) is 16.5 Å². The standard InChI is InChI=1S/C20H12N4O2S/c1-2-5-13(6-3-1)16-10-27-20-17(16)19(21-11-22-20)26-15-8-4-7-14(9-15)18-24-23-12-25-18/h1-12H. The van der Waals surface area contributed by atoms with Gasteiger partial charge in [-0.25, -0.2) is 9.97 Å². The zero-order chi connectivity index (χ0) is 18.1. The summed E-state index contributed by atoms with van der Waals surface area (Å²) in [6.07, 6.45) is 2.82. The molecule has 0 aliphatic rings. The van der Waals surface area contributed by atoms with Crippen molar-refractivity contribution in [2.45, 2.75) is 0 Å². The van der Waals surface area contributed by atoms with Gasteiger partial charge in [0.25, 0.3) is 0 Å². The summed E-state index contributed by atoms with van der Waals surface area (Å²) in [6.45, 7) is 0. The van der Waals surface area contributed by atoms with E-state index in [0.717, 1.165) is 26.9 Å². The molecule has 3 aromatic heterocycles. The number of aromatic nitrogens is 4. The molecule has 0 unspecified atom stereocenters. The molecule has 0 atom stereocenters. The molecule has 5 rings (SSSR count). The maximum atomic E-state index is 6.12. The lowest BCUT2D eigenvalue weighted by atomic mass is 10.1. The highest BCUT2D eigenvalue weighted by Crippen LogP contribution is 2.39. The molecular formula is C20H12N4O2S. The largest absolute Gasteiger partial charge is 0.438 e. The van der Waals surface area contributed by atoms with E-state index < -0.39 is 0 Å². The van der Waals surface area contributed by atoms with E-state index in [1.54, 1.807) is 11.3 Å². The van der Waals surface area contributed by atoms with E-state index >= 15 is 0 Å². The minimum Gasteiger partial charge on any atom is -0.438 e. The van der Waals surface area contributed by atoms with Crippen LogP contribution in [0.25, 0.3) is 32.8 Å². The van der Waals surface area contributed by atoms with Gasteiger partial charge in [-0.1, -0.05) is 36.4 Å². The molecule has 0 amide bonds. The second-order valence-corrected chi connectivity index (χ2v) is 6.61. The predicted octanol–water partition coefficient (Wildman–Crippen LogP) is 5.20. The predicted molar refractivity (Wildman–Crippen MR) is 103 cm³/mol. The van der Waals surface area contributed by atoms with Crippen LogP contribution in [0.4, 0.5) is 0 Å². The molecule has 0 radical (unpaired) electrons. The number of nitrogens with zero attached hydrogens (tertiary/aromatic N) is 4. The second-order valence-electron chi connectivity index (χ2n) is 5.75. The monoisotopic (exact) mass is 372 g/mol. The van der Waals surface area contributed by atoms with Crippen LogP contribution in [0.3, 0.4) is 0 Å². The summed E-state index contributed by atoms with van der Waals surface area (Å²) in [7, 11) is 0. The summed E-state index contributed by atoms with van der Waals surface area (Å²) in [5.41, 5.74) is 2.94. The molecule has 0 saturated carbocycles. The third-order valence-corrected chi connectivity index (χ3v) is 4.96. The lowest BCUT2D eigenvalue weighted by molar-refractivity contribution is 0.468. The third-order valence-electron chi connectivity index (χ3n) is 4.08. The van der Waals surface area contributed by atoms with Crippen molar-refractivity contribution in [3.8, 4) is 34.2 Å². The van der Waals surface area contributed by atoms with Gasteiger partial charge in [0.05, 0.1) is 5.39 Å². The summed E-state index contributed by atoms with van der Waals surface area (Å²) >= 11 is 1.57. The fourth-order valence-electron chi connectivity index (χ4n) is 2.86. The highest BCUT2D eigenvalue weighted by atomic mass is 32.1. The van der Waals surface area contributed by atoms with Crippen LogP contribution in [-0.2, 0) is 0 Å². The van der Waals surface area contributed by atoms with Gasteiger partial charge in [-0.05, 0) is 23.8 Å². The Morgan fingerprint density at radius 3 is 2.67 bits per heavy atom. The number of rotatable bonds is 4. The van der Waals surface area contributed by atoms with Crippen molar-refractivity contribution >= 4 is 21.6 Å². The minimum atomic E-state index is 0.439. The number of ether oxygens (including phenoxy) is 1. The molecule has 6 nitrogen and oxygen atoms in total. The molecule has 130 valence electrons. The van der Waals surface area contributed by atoms with E-state index in [9.17, 15) is 0 Å². The quantitative estimate of drug-likeness (QED) is 0.432. The van der Waals surface area contributed by atoms with Crippen LogP contribution in [0.1, 0.15) is 0 Å². The van der Waals surface area contributed by atoms with E-state index in [0.29, 0.717) is 17.5 Å². The molecule has 0 fully saturated rings. The van der Waals surface area contributed by atoms with Gasteiger partial charge in [-0.3, -0.25) is 0 Å². The Morgan fingerprint density at radius 1 is 0.926 bits per heavy atom. The van der Waals surface area contributed by atoms with E-state index in [4.69, 9.17) is 9.15 Å². The Balaban J connectivity index is 1.58. The zero-order valence-corrected chi connectivity index (χ0v) is 14.8. The van der Waals surface area contributed by atoms with Gasteiger partial charge in [0.1, 0.15) is 16.9 Å². The number of benzene rings is 2. The average Bonchev–Trinajstić information content (AvgIpc) is 3.40. The molecule has 0 bridgehead atoms. The Morgan fingerprint density at radius 2 is 1.81 bits per heavy atom. The summed E-state index contributed by atoms with van der Waals surface area (Å²) in [6, 6.07) is 17.6. The van der Waals surface area contributed by atoms with Gasteiger partial charge in [0.15, 0.2) is 0 Å². The summed E-state index contributed by atoms with van der Waals surface area (Å²) in [4.78, 5) is 9.64. The molecule has 0 N–H and O–H groups in total. The van der Waals surface area contributed by atoms with Gasteiger partial charge in [-0.2, -0.15) is 0 Å². The molecule has 7 heteroatoms. The van der Waals surface area contributed by atoms with Crippen molar-refractivity contribution in [3.63, 3.8) is 0 Å². The topological polar surface area (TPSA) is 73.9 Å². The highest BCUT2D eigenvalue weighted by Gasteiger charge is 2.15. The van der Waals surface area contributed by atoms with Crippen LogP contribution in [0.15, 0.2) is 77.1 Å². The minimum absolute atomic E-state index is 0.439. The fourth-order valence-corrected chi connectivity index (χ4v) is 3.76. The van der Waals surface area contributed by atoms with Crippen molar-refractivity contribution in [1.82, 2.24) is 20.2 Å². The highest BCUT2D eigenvalue weighted by molar-refractivity contribution is 7.17. The first-order valence-corrected chi connectivity index (χ1v) is 9.08. The first kappa shape index (κ1) is 15.7. The van der Waals surface area contributed by atoms with Gasteiger partial charge in [0.2, 0.25) is 18.2 Å². The molecular weight excluding hydrogens is 360 g/mol. The Labute approximate surface area is 158 Å². The Kier molecular flexibility index (Phi) is 3.84. The second kappa shape index (κ2) is 6.62. The van der Waals surface area contributed by atoms with Gasteiger partial charge in [-0.15, -0.1) is 21.5 Å². The Hall–Kier alpha value is -3.58. The van der Waals surface area contributed by atoms with E-state index in [1.807, 2.05) is 42.5 Å². The van der Waals surface area contributed by atoms with Crippen LogP contribution >= 0.6 is 11.3 Å². The number of hydrogen-bond acceptors (Lipinski definition) is 7. The summed E-state index contributed by atoms with van der Waals surface area (Å²) in [5, 5.41) is 10.6. The van der Waals surface area contributed by atoms with Gasteiger partial charge >= 0.3 is 0 Å². The van der Waals surface area contributed by atoms with Gasteiger partial charge < -0.3 is 9.15 Å². The first-order valence-electron chi connectivity index (χ1n) is 8.20. The van der Waals surface area contributed by atoms with Crippen LogP contribution in [0.2, 0.25) is 0 Å². The molecule has 3 heterocycles. The number of fused-ring (bicyclic) bond motifs is 1. The van der Waals surface area contributed by atoms with Crippen molar-refractivity contribution in [2.24, 2.45) is 0 Å². The molecule has 0 saturated heterocycles. The lowest BCUT2D eigenvalue weighted by Crippen LogP contribution is -1.91. The molecule has 0 aliphatic carbocycles. The fraction of sp³-hybridized carbons (Fsp3) is 0. The molecule has 2 aromatic carbocycles. The molecule has 27 heavy (non-hydrogen) atoms. The van der Waals surface area contributed by atoms with Crippen LogP contribution in [0, 0.1) is 0 Å². The Bertz CT molecular complexity index is 1200. The summed E-state index contributed by atoms with van der Waals surface area (Å²) < 4.78 is 11.4. The molecule has 0 spiro atoms. The maximum Gasteiger partial charge on any atom is 0.247 e. The lowest BCUT2D eigenvalue weighted by Gasteiger charge is -2.08. The van der Waals surface area contributed by atoms with Crippen LogP contribution < -0.4 is 4.74 Å². The van der Waals surface area contributed by atoms with E-state index in [2.05, 4.69) is 37.7 Å². The zero-order valence-electron chi connectivity index (χ0n) is 13.9. The maximum absolute atomic E-state index is 6.12. The number of thiophene rings is 1. The smallest absolute Gasteiger partial charge is 0.247 e. The van der Waals surface area contributed by atoms with E-state index in [-0.39, 0.29) is 0 Å². The SMILES string of the molecule is c1ccc(-c2csc3ncnc(Oc4cccc(-c5nnco5)c4)c23)cc1. The third kappa shape index (κ3) is 2.94. The summed E-state index contributed by atoms with van der Waals surface area (Å²) in [5.74, 6) is 1.59. The molecule has 0 aliphatic heterocycles. The number of hydrogen-bond donors (Lipinski definition) is 0. The normalized spacial score (nSPS) is 11.0. The average molecular weight is 372 g/mol. The first-order chi connectivity index (χ1) is 13.4. The van der Waals surface area contributed by atoms with Crippen molar-refractivity contribution in [3.05, 3.63) is 72.7 Å². The van der Waals surface area contributed by atoms with Crippen LogP contribution in [-0.4, -0.2) is 20.2 Å². The molecule has 5 aromatic rings. The van der Waals surface area contributed by atoms with E-state index in [1.165, 1.54) is 12.7 Å².